The Morgan fingerprint density at radius 1 is 1.08 bits per heavy atom. The predicted molar refractivity (Wildman–Crippen MR) is 144 cm³/mol. The van der Waals surface area contributed by atoms with Gasteiger partial charge in [-0.2, -0.15) is 0 Å². The summed E-state index contributed by atoms with van der Waals surface area (Å²) in [4.78, 5) is 17.3. The number of nitrogens with zero attached hydrogens (tertiary/aromatic N) is 2. The van der Waals surface area contributed by atoms with Crippen molar-refractivity contribution in [2.45, 2.75) is 51.7 Å². The van der Waals surface area contributed by atoms with Crippen LogP contribution in [0.4, 0.5) is 9.18 Å². The van der Waals surface area contributed by atoms with Crippen molar-refractivity contribution >= 4 is 17.4 Å². The average Bonchev–Trinajstić information content (AvgIpc) is 3.50. The molecule has 3 heterocycles. The summed E-state index contributed by atoms with van der Waals surface area (Å²) in [6.45, 7) is 3.41. The molecule has 0 bridgehead atoms. The summed E-state index contributed by atoms with van der Waals surface area (Å²) in [6, 6.07) is 18.1. The van der Waals surface area contributed by atoms with Crippen LogP contribution in [0.5, 0.6) is 5.75 Å². The average molecular weight is 516 g/mol. The molecule has 2 aliphatic rings. The van der Waals surface area contributed by atoms with Crippen molar-refractivity contribution in [3.05, 3.63) is 106 Å². The van der Waals surface area contributed by atoms with Crippen LogP contribution in [-0.4, -0.2) is 22.1 Å². The summed E-state index contributed by atoms with van der Waals surface area (Å²) in [5.41, 5.74) is 5.61. The van der Waals surface area contributed by atoms with Gasteiger partial charge in [0, 0.05) is 23.2 Å². The van der Waals surface area contributed by atoms with Crippen LogP contribution in [-0.2, 0) is 25.9 Å². The van der Waals surface area contributed by atoms with Gasteiger partial charge in [0.05, 0.1) is 24.9 Å². The normalized spacial score (nSPS) is 16.4. The van der Waals surface area contributed by atoms with Gasteiger partial charge in [-0.3, -0.25) is 0 Å². The Morgan fingerprint density at radius 3 is 2.76 bits per heavy atom. The summed E-state index contributed by atoms with van der Waals surface area (Å²) in [7, 11) is 0. The zero-order chi connectivity index (χ0) is 25.4. The molecule has 1 aliphatic heterocycles. The highest BCUT2D eigenvalue weighted by atomic mass is 32.1. The smallest absolute Gasteiger partial charge is 0.318 e. The van der Waals surface area contributed by atoms with Gasteiger partial charge in [-0.1, -0.05) is 24.3 Å². The van der Waals surface area contributed by atoms with Gasteiger partial charge in [0.15, 0.2) is 0 Å². The van der Waals surface area contributed by atoms with Gasteiger partial charge in [0.25, 0.3) is 0 Å². The lowest BCUT2D eigenvalue weighted by molar-refractivity contribution is 0.180. The van der Waals surface area contributed by atoms with E-state index in [-0.39, 0.29) is 17.9 Å². The van der Waals surface area contributed by atoms with Gasteiger partial charge >= 0.3 is 6.03 Å². The number of nitrogens with one attached hydrogen (secondary N) is 1. The largest absolute Gasteiger partial charge is 0.494 e. The number of aromatic nitrogens is 1. The number of carbonyl (C=O) groups is 1. The Hall–Kier alpha value is -3.58. The van der Waals surface area contributed by atoms with Gasteiger partial charge in [0.1, 0.15) is 16.6 Å². The van der Waals surface area contributed by atoms with E-state index in [1.54, 1.807) is 12.1 Å². The minimum Gasteiger partial charge on any atom is -0.494 e. The van der Waals surface area contributed by atoms with Crippen LogP contribution in [0.3, 0.4) is 0 Å². The van der Waals surface area contributed by atoms with Crippen LogP contribution in [0.2, 0.25) is 0 Å². The number of rotatable bonds is 5. The summed E-state index contributed by atoms with van der Waals surface area (Å²) in [6.07, 6.45) is 6.70. The van der Waals surface area contributed by atoms with E-state index in [9.17, 15) is 9.18 Å². The summed E-state index contributed by atoms with van der Waals surface area (Å²) in [5, 5.41) is 4.34. The molecule has 6 rings (SSSR count). The lowest BCUT2D eigenvalue weighted by atomic mass is 9.95. The van der Waals surface area contributed by atoms with Crippen LogP contribution in [0.25, 0.3) is 5.00 Å². The lowest BCUT2D eigenvalue weighted by Gasteiger charge is -2.31. The summed E-state index contributed by atoms with van der Waals surface area (Å²) < 4.78 is 21.5. The number of ether oxygens (including phenoxy) is 1. The Kier molecular flexibility index (Phi) is 6.47. The van der Waals surface area contributed by atoms with E-state index in [0.29, 0.717) is 19.7 Å². The number of thiophene rings is 1. The number of urea groups is 1. The molecule has 1 atom stereocenters. The molecule has 2 aromatic carbocycles. The Morgan fingerprint density at radius 2 is 1.92 bits per heavy atom. The first-order chi connectivity index (χ1) is 18.1. The fourth-order valence-corrected chi connectivity index (χ4v) is 6.96. The second-order valence-corrected chi connectivity index (χ2v) is 10.7. The molecule has 0 saturated carbocycles. The van der Waals surface area contributed by atoms with Crippen molar-refractivity contribution in [2.24, 2.45) is 0 Å². The van der Waals surface area contributed by atoms with Gasteiger partial charge < -0.3 is 19.5 Å². The second kappa shape index (κ2) is 10.1. The van der Waals surface area contributed by atoms with E-state index in [0.717, 1.165) is 35.4 Å². The molecule has 1 N–H and O–H groups in total. The number of halogens is 1. The third-order valence-electron chi connectivity index (χ3n) is 7.28. The van der Waals surface area contributed by atoms with Crippen molar-refractivity contribution in [3.63, 3.8) is 0 Å². The number of fused-ring (bicyclic) bond motifs is 5. The standard InChI is InChI=1S/C30H30FN3O2S/c1-2-36-23-8-5-7-21(17-23)28-26-10-6-16-33(26)29-25(24-9-3-4-11-27(24)37-29)19-34(28)30(35)32-18-20-12-14-22(31)15-13-20/h5-8,10,12-17,28H,2-4,9,11,18-19H2,1H3,(H,32,35)/t28-/m0/s1. The molecule has 0 radical (unpaired) electrons. The molecular formula is C30H30FN3O2S. The molecule has 190 valence electrons. The van der Waals surface area contributed by atoms with E-state index in [1.165, 1.54) is 46.0 Å². The molecule has 4 aromatic rings. The number of hydrogen-bond donors (Lipinski definition) is 1. The quantitative estimate of drug-likeness (QED) is 0.319. The van der Waals surface area contributed by atoms with Gasteiger partial charge in [0.2, 0.25) is 0 Å². The van der Waals surface area contributed by atoms with E-state index < -0.39 is 0 Å². The number of amides is 2. The van der Waals surface area contributed by atoms with Crippen LogP contribution in [0.15, 0.2) is 66.9 Å². The van der Waals surface area contributed by atoms with Crippen LogP contribution in [0, 0.1) is 5.82 Å². The Balaban J connectivity index is 1.43. The van der Waals surface area contributed by atoms with Crippen LogP contribution < -0.4 is 10.1 Å². The molecule has 0 spiro atoms. The maximum absolute atomic E-state index is 13.9. The molecule has 0 fully saturated rings. The van der Waals surface area contributed by atoms with E-state index in [1.807, 2.05) is 41.4 Å². The molecule has 2 aromatic heterocycles. The molecule has 0 unspecified atom stereocenters. The zero-order valence-electron chi connectivity index (χ0n) is 20.9. The van der Waals surface area contributed by atoms with Crippen LogP contribution >= 0.6 is 11.3 Å². The highest BCUT2D eigenvalue weighted by molar-refractivity contribution is 7.15. The molecule has 5 nitrogen and oxygen atoms in total. The third kappa shape index (κ3) is 4.53. The summed E-state index contributed by atoms with van der Waals surface area (Å²) >= 11 is 1.88. The Labute approximate surface area is 220 Å². The van der Waals surface area contributed by atoms with Crippen molar-refractivity contribution in [1.82, 2.24) is 14.8 Å². The lowest BCUT2D eigenvalue weighted by Crippen LogP contribution is -2.41. The van der Waals surface area contributed by atoms with Crippen molar-refractivity contribution in [1.29, 1.82) is 0 Å². The highest BCUT2D eigenvalue weighted by Gasteiger charge is 2.36. The fraction of sp³-hybridized carbons (Fsp3) is 0.300. The first kappa shape index (κ1) is 23.8. The minimum absolute atomic E-state index is 0.146. The van der Waals surface area contributed by atoms with Gasteiger partial charge in [-0.05, 0) is 85.7 Å². The van der Waals surface area contributed by atoms with Crippen molar-refractivity contribution in [3.8, 4) is 10.8 Å². The van der Waals surface area contributed by atoms with Gasteiger partial charge in [-0.25, -0.2) is 9.18 Å². The first-order valence-corrected chi connectivity index (χ1v) is 13.8. The first-order valence-electron chi connectivity index (χ1n) is 12.9. The summed E-state index contributed by atoms with van der Waals surface area (Å²) in [5.74, 6) is 0.508. The predicted octanol–water partition coefficient (Wildman–Crippen LogP) is 6.77. The molecule has 0 saturated heterocycles. The van der Waals surface area contributed by atoms with Crippen molar-refractivity contribution in [2.75, 3.05) is 6.61 Å². The minimum atomic E-state index is -0.289. The van der Waals surface area contributed by atoms with E-state index >= 15 is 0 Å². The number of benzene rings is 2. The number of aryl methyl sites for hydroxylation is 1. The molecule has 7 heteroatoms. The number of carbonyl (C=O) groups excluding carboxylic acids is 1. The molecular weight excluding hydrogens is 485 g/mol. The maximum atomic E-state index is 13.9. The maximum Gasteiger partial charge on any atom is 0.318 e. The monoisotopic (exact) mass is 515 g/mol. The van der Waals surface area contributed by atoms with Gasteiger partial charge in [-0.15, -0.1) is 11.3 Å². The Bertz CT molecular complexity index is 1430. The molecule has 1 aliphatic carbocycles. The molecule has 2 amide bonds. The van der Waals surface area contributed by atoms with E-state index in [4.69, 9.17) is 4.74 Å². The fourth-order valence-electron chi connectivity index (χ4n) is 5.56. The van der Waals surface area contributed by atoms with Crippen molar-refractivity contribution < 1.29 is 13.9 Å². The van der Waals surface area contributed by atoms with Crippen LogP contribution in [0.1, 0.15) is 58.6 Å². The zero-order valence-corrected chi connectivity index (χ0v) is 21.7. The second-order valence-electron chi connectivity index (χ2n) is 9.62. The highest BCUT2D eigenvalue weighted by Crippen LogP contribution is 2.44. The SMILES string of the molecule is CCOc1cccc([C@H]2c3cccn3-c3sc4c(c3CN2C(=O)NCc2ccc(F)cc2)CCCC4)c1. The topological polar surface area (TPSA) is 46.5 Å². The van der Waals surface area contributed by atoms with E-state index in [2.05, 4.69) is 34.3 Å². The number of hydrogen-bond acceptors (Lipinski definition) is 3. The third-order valence-corrected chi connectivity index (χ3v) is 8.61. The molecule has 37 heavy (non-hydrogen) atoms.